The maximum atomic E-state index is 13.3. The van der Waals surface area contributed by atoms with Crippen LogP contribution >= 0.6 is 11.3 Å². The molecule has 1 aromatic carbocycles. The van der Waals surface area contributed by atoms with Crippen molar-refractivity contribution >= 4 is 28.4 Å². The van der Waals surface area contributed by atoms with Gasteiger partial charge in [-0.15, -0.1) is 0 Å². The summed E-state index contributed by atoms with van der Waals surface area (Å²) in [6.07, 6.45) is 8.43. The Balaban J connectivity index is 1.60. The summed E-state index contributed by atoms with van der Waals surface area (Å²) in [6.45, 7) is 4.81. The third-order valence-electron chi connectivity index (χ3n) is 4.76. The molecule has 2 heterocycles. The van der Waals surface area contributed by atoms with E-state index in [1.54, 1.807) is 24.7 Å². The number of aryl methyl sites for hydroxylation is 1. The first kappa shape index (κ1) is 25.3. The highest BCUT2D eigenvalue weighted by Crippen LogP contribution is 2.24. The molecule has 34 heavy (non-hydrogen) atoms. The van der Waals surface area contributed by atoms with Crippen molar-refractivity contribution in [3.63, 3.8) is 0 Å². The first-order chi connectivity index (χ1) is 16.6. The molecule has 0 aliphatic rings. The molecule has 0 spiro atoms. The minimum Gasteiger partial charge on any atom is -0.380 e. The number of urea groups is 1. The van der Waals surface area contributed by atoms with E-state index >= 15 is 0 Å². The lowest BCUT2D eigenvalue weighted by Gasteiger charge is -2.20. The van der Waals surface area contributed by atoms with Crippen LogP contribution in [0.2, 0.25) is 0 Å². The molecule has 0 radical (unpaired) electrons. The molecule has 0 atom stereocenters. The van der Waals surface area contributed by atoms with Crippen LogP contribution in [0.15, 0.2) is 49.2 Å². The van der Waals surface area contributed by atoms with Gasteiger partial charge in [-0.1, -0.05) is 30.4 Å². The van der Waals surface area contributed by atoms with Crippen LogP contribution in [-0.4, -0.2) is 52.8 Å². The highest BCUT2D eigenvalue weighted by Gasteiger charge is 2.21. The van der Waals surface area contributed by atoms with Crippen molar-refractivity contribution in [1.29, 1.82) is 0 Å². The van der Waals surface area contributed by atoms with Gasteiger partial charge in [-0.05, 0) is 30.5 Å². The predicted molar refractivity (Wildman–Crippen MR) is 128 cm³/mol. The van der Waals surface area contributed by atoms with Crippen molar-refractivity contribution in [2.75, 3.05) is 31.2 Å². The molecule has 0 saturated heterocycles. The van der Waals surface area contributed by atoms with Crippen molar-refractivity contribution in [2.24, 2.45) is 0 Å². The van der Waals surface area contributed by atoms with Gasteiger partial charge in [0.25, 0.3) is 5.91 Å². The zero-order chi connectivity index (χ0) is 24.2. The molecule has 0 fully saturated rings. The van der Waals surface area contributed by atoms with E-state index in [0.717, 1.165) is 36.3 Å². The van der Waals surface area contributed by atoms with Gasteiger partial charge in [-0.3, -0.25) is 9.69 Å². The fourth-order valence-corrected chi connectivity index (χ4v) is 3.87. The van der Waals surface area contributed by atoms with Crippen molar-refractivity contribution < 1.29 is 18.7 Å². The molecular weight excluding hydrogens is 459 g/mol. The van der Waals surface area contributed by atoms with Crippen LogP contribution in [0.5, 0.6) is 0 Å². The fourth-order valence-electron chi connectivity index (χ4n) is 3.03. The van der Waals surface area contributed by atoms with Gasteiger partial charge in [-0.2, -0.15) is 0 Å². The molecule has 3 rings (SSSR count). The Morgan fingerprint density at radius 2 is 2.00 bits per heavy atom. The number of halogens is 1. The van der Waals surface area contributed by atoms with Crippen LogP contribution in [0.4, 0.5) is 14.3 Å². The van der Waals surface area contributed by atoms with Crippen LogP contribution in [0.3, 0.4) is 0 Å². The largest absolute Gasteiger partial charge is 0.380 e. The van der Waals surface area contributed by atoms with Gasteiger partial charge >= 0.3 is 6.03 Å². The number of imidazole rings is 1. The van der Waals surface area contributed by atoms with E-state index in [-0.39, 0.29) is 24.3 Å². The number of carbonyl (C=O) groups is 2. The zero-order valence-corrected chi connectivity index (χ0v) is 19.9. The summed E-state index contributed by atoms with van der Waals surface area (Å²) in [6, 6.07) is 5.54. The molecule has 2 N–H and O–H groups in total. The molecule has 11 heteroatoms. The van der Waals surface area contributed by atoms with E-state index in [4.69, 9.17) is 4.74 Å². The highest BCUT2D eigenvalue weighted by atomic mass is 32.1. The number of benzene rings is 1. The summed E-state index contributed by atoms with van der Waals surface area (Å²) in [4.78, 5) is 35.6. The number of nitrogens with one attached hydrogen (secondary N) is 2. The molecule has 3 amide bonds. The Labute approximate surface area is 202 Å². The molecule has 2 aromatic heterocycles. The first-order valence-electron chi connectivity index (χ1n) is 11.1. The SMILES string of the molecule is CCCOCCNC(=O)N(Cc1ccc(F)cc1)c1ncc(C(=O)NCCCn2ccnc2)s1. The van der Waals surface area contributed by atoms with E-state index in [2.05, 4.69) is 20.6 Å². The Bertz CT molecular complexity index is 1030. The lowest BCUT2D eigenvalue weighted by Crippen LogP contribution is -2.41. The van der Waals surface area contributed by atoms with Crippen LogP contribution in [-0.2, 0) is 17.8 Å². The average Bonchev–Trinajstić information content (AvgIpc) is 3.53. The molecule has 0 bridgehead atoms. The smallest absolute Gasteiger partial charge is 0.324 e. The van der Waals surface area contributed by atoms with Gasteiger partial charge < -0.3 is 19.9 Å². The molecule has 0 saturated carbocycles. The van der Waals surface area contributed by atoms with Crippen molar-refractivity contribution in [1.82, 2.24) is 25.2 Å². The average molecular weight is 489 g/mol. The number of nitrogens with zero attached hydrogens (tertiary/aromatic N) is 4. The van der Waals surface area contributed by atoms with E-state index < -0.39 is 0 Å². The summed E-state index contributed by atoms with van der Waals surface area (Å²) in [5, 5.41) is 6.06. The van der Waals surface area contributed by atoms with Crippen LogP contribution < -0.4 is 15.5 Å². The molecular formula is C23H29FN6O3S. The Morgan fingerprint density at radius 1 is 1.18 bits per heavy atom. The lowest BCUT2D eigenvalue weighted by atomic mass is 10.2. The van der Waals surface area contributed by atoms with Gasteiger partial charge in [0.15, 0.2) is 5.13 Å². The first-order valence-corrected chi connectivity index (χ1v) is 12.0. The maximum absolute atomic E-state index is 13.3. The summed E-state index contributed by atoms with van der Waals surface area (Å²) >= 11 is 1.12. The van der Waals surface area contributed by atoms with Gasteiger partial charge in [0, 0.05) is 38.6 Å². The maximum Gasteiger partial charge on any atom is 0.324 e. The number of thiazole rings is 1. The molecule has 182 valence electrons. The van der Waals surface area contributed by atoms with E-state index in [1.165, 1.54) is 23.2 Å². The third-order valence-corrected chi connectivity index (χ3v) is 5.78. The summed E-state index contributed by atoms with van der Waals surface area (Å²) in [5.74, 6) is -0.599. The topological polar surface area (TPSA) is 101 Å². The second kappa shape index (κ2) is 13.4. The number of rotatable bonds is 13. The van der Waals surface area contributed by atoms with Crippen LogP contribution in [0, 0.1) is 5.82 Å². The quantitative estimate of drug-likeness (QED) is 0.359. The second-order valence-corrected chi connectivity index (χ2v) is 8.48. The summed E-state index contributed by atoms with van der Waals surface area (Å²) < 4.78 is 20.7. The van der Waals surface area contributed by atoms with Gasteiger partial charge in [-0.25, -0.2) is 19.2 Å². The van der Waals surface area contributed by atoms with E-state index in [9.17, 15) is 14.0 Å². The van der Waals surface area contributed by atoms with Gasteiger partial charge in [0.05, 0.1) is 25.7 Å². The number of aromatic nitrogens is 3. The minimum absolute atomic E-state index is 0.182. The van der Waals surface area contributed by atoms with Crippen LogP contribution in [0.1, 0.15) is 35.0 Å². The molecule has 0 aliphatic heterocycles. The third kappa shape index (κ3) is 7.92. The van der Waals surface area contributed by atoms with Crippen molar-refractivity contribution in [2.45, 2.75) is 32.9 Å². The summed E-state index contributed by atoms with van der Waals surface area (Å²) in [7, 11) is 0. The molecule has 0 unspecified atom stereocenters. The minimum atomic E-state index is -0.369. The number of anilines is 1. The van der Waals surface area contributed by atoms with E-state index in [1.807, 2.05) is 17.7 Å². The highest BCUT2D eigenvalue weighted by molar-refractivity contribution is 7.17. The molecule has 3 aromatic rings. The number of hydrogen-bond acceptors (Lipinski definition) is 6. The van der Waals surface area contributed by atoms with Gasteiger partial charge in [0.2, 0.25) is 0 Å². The number of amides is 3. The normalized spacial score (nSPS) is 10.8. The second-order valence-electron chi connectivity index (χ2n) is 7.47. The number of ether oxygens (including phenoxy) is 1. The fraction of sp³-hybridized carbons (Fsp3) is 0.391. The Morgan fingerprint density at radius 3 is 2.74 bits per heavy atom. The van der Waals surface area contributed by atoms with Gasteiger partial charge in [0.1, 0.15) is 10.7 Å². The molecule has 0 aliphatic carbocycles. The summed E-state index contributed by atoms with van der Waals surface area (Å²) in [5.41, 5.74) is 0.736. The standard InChI is InChI=1S/C23H29FN6O3S/c1-2-13-33-14-10-27-22(32)30(16-18-4-6-19(24)7-5-18)23-28-15-20(34-23)21(31)26-8-3-11-29-12-9-25-17-29/h4-7,9,12,15,17H,2-3,8,10-11,13-14,16H2,1H3,(H,26,31)(H,27,32). The Kier molecular flexibility index (Phi) is 9.98. The number of hydrogen-bond donors (Lipinski definition) is 2. The molecule has 9 nitrogen and oxygen atoms in total. The lowest BCUT2D eigenvalue weighted by molar-refractivity contribution is 0.0956. The van der Waals surface area contributed by atoms with Crippen molar-refractivity contribution in [3.8, 4) is 0 Å². The zero-order valence-electron chi connectivity index (χ0n) is 19.1. The van der Waals surface area contributed by atoms with Crippen LogP contribution in [0.25, 0.3) is 0 Å². The predicted octanol–water partition coefficient (Wildman–Crippen LogP) is 3.44. The Hall–Kier alpha value is -3.31. The van der Waals surface area contributed by atoms with E-state index in [0.29, 0.717) is 36.3 Å². The van der Waals surface area contributed by atoms with Crippen molar-refractivity contribution in [3.05, 3.63) is 65.4 Å². The number of carbonyl (C=O) groups excluding carboxylic acids is 2. The monoisotopic (exact) mass is 488 g/mol.